The van der Waals surface area contributed by atoms with Crippen LogP contribution in [-0.4, -0.2) is 9.38 Å². The molecule has 0 rings (SSSR count). The highest BCUT2D eigenvalue weighted by Gasteiger charge is 2.19. The van der Waals surface area contributed by atoms with Crippen LogP contribution < -0.4 is 0 Å². The first kappa shape index (κ1) is 9.87. The third-order valence-corrected chi connectivity index (χ3v) is 1.16. The van der Waals surface area contributed by atoms with Crippen molar-refractivity contribution in [2.75, 3.05) is 0 Å². The Morgan fingerprint density at radius 2 is 1.89 bits per heavy atom. The second kappa shape index (κ2) is 3.90. The molecule has 0 aliphatic rings. The Hall–Kier alpha value is 0.870. The smallest absolute Gasteiger partial charge is 0.320 e. The van der Waals surface area contributed by atoms with Crippen molar-refractivity contribution in [1.29, 1.82) is 0 Å². The number of carbonyl (C=O) groups excluding carboxylic acids is 1. The van der Waals surface area contributed by atoms with E-state index in [0.717, 1.165) is 0 Å². The fourth-order valence-electron chi connectivity index (χ4n) is 0.226. The van der Waals surface area contributed by atoms with Gasteiger partial charge >= 0.3 is 5.97 Å². The minimum atomic E-state index is -0.917. The number of hydrogen-bond acceptors (Lipinski definition) is 6. The standard InChI is InChI=1S/C3H6O2S4/c4-2(5-9)1-3(6,7)8/h6-9H,1H2. The third-order valence-electron chi connectivity index (χ3n) is 0.483. The van der Waals surface area contributed by atoms with Crippen molar-refractivity contribution < 1.29 is 8.98 Å². The molecule has 6 heteroatoms. The van der Waals surface area contributed by atoms with E-state index >= 15 is 0 Å². The van der Waals surface area contributed by atoms with Crippen LogP contribution in [0.1, 0.15) is 6.42 Å². The molecule has 0 aromatic carbocycles. The van der Waals surface area contributed by atoms with Crippen LogP contribution in [0.3, 0.4) is 0 Å². The molecule has 0 aromatic rings. The lowest BCUT2D eigenvalue weighted by atomic mass is 10.5. The predicted molar refractivity (Wildman–Crippen MR) is 49.4 cm³/mol. The highest BCUT2D eigenvalue weighted by Crippen LogP contribution is 2.28. The molecular weight excluding hydrogens is 196 g/mol. The maximum absolute atomic E-state index is 10.4. The zero-order valence-corrected chi connectivity index (χ0v) is 7.89. The molecule has 0 heterocycles. The van der Waals surface area contributed by atoms with E-state index in [1.807, 2.05) is 0 Å². The van der Waals surface area contributed by atoms with Gasteiger partial charge in [-0.05, 0) is 0 Å². The van der Waals surface area contributed by atoms with Crippen molar-refractivity contribution in [2.45, 2.75) is 9.83 Å². The molecule has 0 amide bonds. The van der Waals surface area contributed by atoms with Crippen LogP contribution in [0, 0.1) is 0 Å². The summed E-state index contributed by atoms with van der Waals surface area (Å²) in [7, 11) is 0. The van der Waals surface area contributed by atoms with Crippen LogP contribution >= 0.6 is 50.8 Å². The largest absolute Gasteiger partial charge is 0.395 e. The topological polar surface area (TPSA) is 26.3 Å². The summed E-state index contributed by atoms with van der Waals surface area (Å²) < 4.78 is 3.12. The summed E-state index contributed by atoms with van der Waals surface area (Å²) in [6.45, 7) is 0. The van der Waals surface area contributed by atoms with Gasteiger partial charge in [0.05, 0.1) is 6.42 Å². The zero-order chi connectivity index (χ0) is 7.49. The maximum Gasteiger partial charge on any atom is 0.320 e. The lowest BCUT2D eigenvalue weighted by Gasteiger charge is -2.11. The lowest BCUT2D eigenvalue weighted by Crippen LogP contribution is -2.11. The normalized spacial score (nSPS) is 11.1. The monoisotopic (exact) mass is 202 g/mol. The molecule has 0 aromatic heterocycles. The van der Waals surface area contributed by atoms with E-state index in [4.69, 9.17) is 0 Å². The van der Waals surface area contributed by atoms with Gasteiger partial charge in [0.15, 0.2) is 0 Å². The quantitative estimate of drug-likeness (QED) is 0.308. The summed E-state index contributed by atoms with van der Waals surface area (Å²) >= 11 is 14.8. The molecule has 0 saturated heterocycles. The van der Waals surface area contributed by atoms with Crippen molar-refractivity contribution in [2.24, 2.45) is 0 Å². The Morgan fingerprint density at radius 1 is 1.44 bits per heavy atom. The van der Waals surface area contributed by atoms with Gasteiger partial charge in [-0.25, -0.2) is 0 Å². The second-order valence-corrected chi connectivity index (χ2v) is 4.95. The predicted octanol–water partition coefficient (Wildman–Crippen LogP) is 1.21. The van der Waals surface area contributed by atoms with E-state index in [2.05, 4.69) is 55.0 Å². The minimum absolute atomic E-state index is 0.00579. The van der Waals surface area contributed by atoms with Crippen LogP contribution in [0.2, 0.25) is 0 Å². The molecule has 0 radical (unpaired) electrons. The molecule has 2 nitrogen and oxygen atoms in total. The van der Waals surface area contributed by atoms with E-state index < -0.39 is 9.38 Å². The van der Waals surface area contributed by atoms with E-state index in [1.54, 1.807) is 0 Å². The van der Waals surface area contributed by atoms with Gasteiger partial charge in [-0.3, -0.25) is 4.79 Å². The first-order chi connectivity index (χ1) is 3.95. The zero-order valence-electron chi connectivity index (χ0n) is 4.31. The first-order valence-corrected chi connectivity index (χ1v) is 3.68. The minimum Gasteiger partial charge on any atom is -0.395 e. The average Bonchev–Trinajstić information content (AvgIpc) is 1.62. The van der Waals surface area contributed by atoms with Gasteiger partial charge in [0.2, 0.25) is 0 Å². The average molecular weight is 202 g/mol. The highest BCUT2D eigenvalue weighted by molar-refractivity contribution is 8.17. The first-order valence-electron chi connectivity index (χ1n) is 1.97. The van der Waals surface area contributed by atoms with E-state index in [9.17, 15) is 4.79 Å². The summed E-state index contributed by atoms with van der Waals surface area (Å²) in [4.78, 5) is 10.4. The van der Waals surface area contributed by atoms with Crippen molar-refractivity contribution in [1.82, 2.24) is 0 Å². The van der Waals surface area contributed by atoms with Gasteiger partial charge in [-0.1, -0.05) is 0 Å². The van der Waals surface area contributed by atoms with Gasteiger partial charge in [-0.2, -0.15) is 37.9 Å². The molecule has 9 heavy (non-hydrogen) atoms. The molecule has 0 aliphatic heterocycles. The number of carbonyl (C=O) groups is 1. The Morgan fingerprint density at radius 3 is 2.00 bits per heavy atom. The van der Waals surface area contributed by atoms with Gasteiger partial charge in [0.25, 0.3) is 0 Å². The van der Waals surface area contributed by atoms with Gasteiger partial charge in [0, 0.05) is 12.9 Å². The molecule has 54 valence electrons. The molecular formula is C3H6O2S4. The summed E-state index contributed by atoms with van der Waals surface area (Å²) in [5.41, 5.74) is 0. The van der Waals surface area contributed by atoms with Crippen molar-refractivity contribution in [3.05, 3.63) is 0 Å². The molecule has 0 saturated carbocycles. The van der Waals surface area contributed by atoms with Crippen molar-refractivity contribution >= 4 is 56.8 Å². The van der Waals surface area contributed by atoms with Crippen LogP contribution in [0.25, 0.3) is 0 Å². The molecule has 0 spiro atoms. The van der Waals surface area contributed by atoms with Gasteiger partial charge < -0.3 is 4.18 Å². The summed E-state index contributed by atoms with van der Waals surface area (Å²) in [6.07, 6.45) is 0.00579. The Bertz CT molecular complexity index is 107. The van der Waals surface area contributed by atoms with Crippen LogP contribution in [-0.2, 0) is 8.98 Å². The summed E-state index contributed by atoms with van der Waals surface area (Å²) in [5, 5.41) is 0. The Labute approximate surface area is 75.6 Å². The van der Waals surface area contributed by atoms with Crippen LogP contribution in [0.4, 0.5) is 0 Å². The SMILES string of the molecule is O=C(CC(S)(S)S)OS. The third kappa shape index (κ3) is 6.76. The van der Waals surface area contributed by atoms with Crippen LogP contribution in [0.5, 0.6) is 0 Å². The van der Waals surface area contributed by atoms with E-state index in [0.29, 0.717) is 0 Å². The van der Waals surface area contributed by atoms with E-state index in [-0.39, 0.29) is 6.42 Å². The number of hydrogen-bond donors (Lipinski definition) is 4. The van der Waals surface area contributed by atoms with Gasteiger partial charge in [0.1, 0.15) is 3.41 Å². The summed E-state index contributed by atoms with van der Waals surface area (Å²) in [6, 6.07) is 0. The Balaban J connectivity index is 3.60. The fraction of sp³-hybridized carbons (Fsp3) is 0.667. The Kier molecular flexibility index (Phi) is 4.28. The highest BCUT2D eigenvalue weighted by atomic mass is 32.2. The lowest BCUT2D eigenvalue weighted by molar-refractivity contribution is -0.132. The number of rotatable bonds is 2. The van der Waals surface area contributed by atoms with Crippen LogP contribution in [0.15, 0.2) is 0 Å². The number of thiol groups is 4. The molecule has 0 N–H and O–H groups in total. The fourth-order valence-corrected chi connectivity index (χ4v) is 0.678. The molecule has 0 aliphatic carbocycles. The van der Waals surface area contributed by atoms with Crippen molar-refractivity contribution in [3.63, 3.8) is 0 Å². The van der Waals surface area contributed by atoms with Crippen molar-refractivity contribution in [3.8, 4) is 0 Å². The molecule has 0 unspecified atom stereocenters. The van der Waals surface area contributed by atoms with Gasteiger partial charge in [-0.15, -0.1) is 0 Å². The molecule has 0 atom stereocenters. The van der Waals surface area contributed by atoms with E-state index in [1.165, 1.54) is 0 Å². The molecule has 0 bridgehead atoms. The second-order valence-electron chi connectivity index (χ2n) is 1.41. The molecule has 0 fully saturated rings. The summed E-state index contributed by atoms with van der Waals surface area (Å²) in [5.74, 6) is -0.502. The maximum atomic E-state index is 10.4.